The van der Waals surface area contributed by atoms with Crippen LogP contribution in [0.25, 0.3) is 0 Å². The zero-order chi connectivity index (χ0) is 15.2. The van der Waals surface area contributed by atoms with E-state index in [-0.39, 0.29) is 0 Å². The molecule has 0 amide bonds. The Balaban J connectivity index is 2.03. The van der Waals surface area contributed by atoms with Crippen molar-refractivity contribution in [3.63, 3.8) is 0 Å². The number of ketones is 1. The van der Waals surface area contributed by atoms with Gasteiger partial charge in [0, 0.05) is 12.3 Å². The molecule has 0 aliphatic heterocycles. The summed E-state index contributed by atoms with van der Waals surface area (Å²) in [5, 5.41) is 1.22. The van der Waals surface area contributed by atoms with E-state index in [0.29, 0.717) is 17.6 Å². The van der Waals surface area contributed by atoms with Gasteiger partial charge in [-0.25, -0.2) is 0 Å². The normalized spacial score (nSPS) is 25.9. The first-order chi connectivity index (χ1) is 9.88. The van der Waals surface area contributed by atoms with Crippen LogP contribution in [-0.4, -0.2) is 13.9 Å². The van der Waals surface area contributed by atoms with Gasteiger partial charge >= 0.3 is 0 Å². The van der Waals surface area contributed by atoms with E-state index >= 15 is 0 Å². The molecular formula is C19H24OSi. The lowest BCUT2D eigenvalue weighted by molar-refractivity contribution is -0.114. The van der Waals surface area contributed by atoms with E-state index in [4.69, 9.17) is 0 Å². The number of allylic oxidation sites excluding steroid dienone is 4. The number of hydrogen-bond donors (Lipinski definition) is 0. The Bertz CT molecular complexity index is 631. The van der Waals surface area contributed by atoms with E-state index in [1.54, 1.807) is 0 Å². The second-order valence-corrected chi connectivity index (χ2v) is 12.5. The smallest absolute Gasteiger partial charge is 0.155 e. The molecule has 0 spiro atoms. The second kappa shape index (κ2) is 5.10. The average Bonchev–Trinajstić information content (AvgIpc) is 2.76. The molecule has 0 heterocycles. The summed E-state index contributed by atoms with van der Waals surface area (Å²) < 4.78 is 0. The van der Waals surface area contributed by atoms with Crippen LogP contribution in [0.5, 0.6) is 0 Å². The molecule has 2 heteroatoms. The Labute approximate surface area is 128 Å². The van der Waals surface area contributed by atoms with E-state index in [2.05, 4.69) is 63.0 Å². The van der Waals surface area contributed by atoms with E-state index in [9.17, 15) is 4.79 Å². The predicted molar refractivity (Wildman–Crippen MR) is 91.0 cm³/mol. The number of Topliss-reactive ketones (excluding diaryl/α,β-unsaturated/α-hetero) is 1. The first-order valence-electron chi connectivity index (χ1n) is 7.89. The van der Waals surface area contributed by atoms with Crippen molar-refractivity contribution in [3.05, 3.63) is 58.3 Å². The molecule has 0 saturated carbocycles. The third kappa shape index (κ3) is 2.57. The molecular weight excluding hydrogens is 272 g/mol. The summed E-state index contributed by atoms with van der Waals surface area (Å²) in [6.45, 7) is 9.10. The monoisotopic (exact) mass is 296 g/mol. The predicted octanol–water partition coefficient (Wildman–Crippen LogP) is 4.88. The Kier molecular flexibility index (Phi) is 3.52. The molecule has 2 aliphatic carbocycles. The molecule has 2 aliphatic rings. The minimum atomic E-state index is -1.55. The summed E-state index contributed by atoms with van der Waals surface area (Å²) in [5.74, 6) is 1.35. The van der Waals surface area contributed by atoms with Crippen LogP contribution < -0.4 is 0 Å². The summed E-state index contributed by atoms with van der Waals surface area (Å²) >= 11 is 0. The highest BCUT2D eigenvalue weighted by Gasteiger charge is 2.41. The lowest BCUT2D eigenvalue weighted by Crippen LogP contribution is -2.28. The molecule has 0 fully saturated rings. The Morgan fingerprint density at radius 3 is 2.38 bits per heavy atom. The van der Waals surface area contributed by atoms with Crippen LogP contribution in [0.1, 0.15) is 31.2 Å². The van der Waals surface area contributed by atoms with Gasteiger partial charge in [0.15, 0.2) is 5.78 Å². The number of fused-ring (bicyclic) bond motifs is 1. The van der Waals surface area contributed by atoms with Gasteiger partial charge in [-0.1, -0.05) is 61.6 Å². The molecule has 2 atom stereocenters. The van der Waals surface area contributed by atoms with Crippen LogP contribution in [0.15, 0.2) is 52.8 Å². The van der Waals surface area contributed by atoms with Crippen LogP contribution in [0.3, 0.4) is 0 Å². The maximum absolute atomic E-state index is 12.5. The van der Waals surface area contributed by atoms with Crippen molar-refractivity contribution in [3.8, 4) is 0 Å². The van der Waals surface area contributed by atoms with Crippen molar-refractivity contribution < 1.29 is 4.79 Å². The Hall–Kier alpha value is -1.41. The molecule has 3 rings (SSSR count). The van der Waals surface area contributed by atoms with E-state index in [1.807, 2.05) is 0 Å². The van der Waals surface area contributed by atoms with Crippen LogP contribution in [0.2, 0.25) is 19.6 Å². The summed E-state index contributed by atoms with van der Waals surface area (Å²) in [5.41, 5.74) is 4.14. The van der Waals surface area contributed by atoms with Gasteiger partial charge in [-0.3, -0.25) is 4.79 Å². The van der Waals surface area contributed by atoms with Gasteiger partial charge in [-0.2, -0.15) is 0 Å². The zero-order valence-electron chi connectivity index (χ0n) is 13.4. The fourth-order valence-corrected chi connectivity index (χ4v) is 6.17. The van der Waals surface area contributed by atoms with E-state index in [0.717, 1.165) is 12.8 Å². The van der Waals surface area contributed by atoms with Crippen molar-refractivity contribution in [2.45, 2.75) is 45.3 Å². The van der Waals surface area contributed by atoms with Gasteiger partial charge in [0.2, 0.25) is 0 Å². The van der Waals surface area contributed by atoms with Crippen molar-refractivity contribution in [2.75, 3.05) is 0 Å². The Morgan fingerprint density at radius 1 is 1.10 bits per heavy atom. The van der Waals surface area contributed by atoms with Crippen LogP contribution in [0.4, 0.5) is 0 Å². The third-order valence-corrected chi connectivity index (χ3v) is 6.83. The molecule has 21 heavy (non-hydrogen) atoms. The molecule has 1 aromatic carbocycles. The summed E-state index contributed by atoms with van der Waals surface area (Å²) in [4.78, 5) is 12.5. The molecule has 1 nitrogen and oxygen atoms in total. The van der Waals surface area contributed by atoms with Gasteiger partial charge in [0.05, 0.1) is 8.07 Å². The number of carbonyl (C=O) groups is 1. The first kappa shape index (κ1) is 14.5. The van der Waals surface area contributed by atoms with Crippen molar-refractivity contribution in [1.82, 2.24) is 0 Å². The van der Waals surface area contributed by atoms with Crippen molar-refractivity contribution >= 4 is 13.9 Å². The van der Waals surface area contributed by atoms with Crippen molar-refractivity contribution in [2.24, 2.45) is 5.92 Å². The average molecular weight is 296 g/mol. The highest BCUT2D eigenvalue weighted by molar-refractivity contribution is 6.87. The maximum Gasteiger partial charge on any atom is 0.155 e. The summed E-state index contributed by atoms with van der Waals surface area (Å²) in [6.07, 6.45) is 4.22. The van der Waals surface area contributed by atoms with Gasteiger partial charge in [0.1, 0.15) is 0 Å². The number of hydrogen-bond acceptors (Lipinski definition) is 1. The molecule has 110 valence electrons. The quantitative estimate of drug-likeness (QED) is 0.711. The highest BCUT2D eigenvalue weighted by atomic mass is 28.3. The number of rotatable bonds is 2. The maximum atomic E-state index is 12.5. The lowest BCUT2D eigenvalue weighted by atomic mass is 9.77. The lowest BCUT2D eigenvalue weighted by Gasteiger charge is -2.29. The van der Waals surface area contributed by atoms with Crippen LogP contribution in [0, 0.1) is 5.92 Å². The zero-order valence-corrected chi connectivity index (χ0v) is 14.4. The highest BCUT2D eigenvalue weighted by Crippen LogP contribution is 2.47. The molecule has 0 aromatic heterocycles. The minimum absolute atomic E-state index is 0.427. The third-order valence-electron chi connectivity index (χ3n) is 4.78. The molecule has 0 saturated heterocycles. The summed E-state index contributed by atoms with van der Waals surface area (Å²) in [7, 11) is -1.55. The standard InChI is InChI=1S/C19H24OSi/c1-13-10-15(14-8-6-5-7-9-14)11-16-12-17(20)19(18(13)16)21(2,3)4/h5-10,15-16H,11-12H2,1-4H3/t15-,16+/m0/s1. The molecule has 1 aromatic rings. The minimum Gasteiger partial charge on any atom is -0.295 e. The summed E-state index contributed by atoms with van der Waals surface area (Å²) in [6, 6.07) is 10.7. The first-order valence-corrected chi connectivity index (χ1v) is 11.4. The van der Waals surface area contributed by atoms with Gasteiger partial charge in [-0.05, 0) is 35.6 Å². The SMILES string of the molecule is CC1=C[C@H](c2ccccc2)C[C@@H]2CC(=O)C([Si](C)(C)C)=C12. The van der Waals surface area contributed by atoms with Crippen LogP contribution >= 0.6 is 0 Å². The van der Waals surface area contributed by atoms with Gasteiger partial charge in [-0.15, -0.1) is 0 Å². The van der Waals surface area contributed by atoms with Crippen molar-refractivity contribution in [1.29, 1.82) is 0 Å². The van der Waals surface area contributed by atoms with Crippen LogP contribution in [-0.2, 0) is 4.79 Å². The molecule has 0 radical (unpaired) electrons. The topological polar surface area (TPSA) is 17.1 Å². The number of carbonyl (C=O) groups excluding carboxylic acids is 1. The second-order valence-electron chi connectivity index (χ2n) is 7.47. The fourth-order valence-electron chi connectivity index (χ4n) is 4.02. The molecule has 0 bridgehead atoms. The molecule has 0 N–H and O–H groups in total. The van der Waals surface area contributed by atoms with E-state index < -0.39 is 8.07 Å². The largest absolute Gasteiger partial charge is 0.295 e. The van der Waals surface area contributed by atoms with Gasteiger partial charge < -0.3 is 0 Å². The van der Waals surface area contributed by atoms with Gasteiger partial charge in [0.25, 0.3) is 0 Å². The molecule has 0 unspecified atom stereocenters. The van der Waals surface area contributed by atoms with E-state index in [1.165, 1.54) is 21.9 Å². The fraction of sp³-hybridized carbons (Fsp3) is 0.421. The Morgan fingerprint density at radius 2 is 1.76 bits per heavy atom. The number of benzene rings is 1.